The van der Waals surface area contributed by atoms with Crippen molar-refractivity contribution in [3.05, 3.63) is 57.8 Å². The lowest BCUT2D eigenvalue weighted by Gasteiger charge is -2.03. The number of aromatic nitrogens is 1. The van der Waals surface area contributed by atoms with Crippen LogP contribution >= 0.6 is 22.7 Å². The normalized spacial score (nSPS) is 10.6. The SMILES string of the molecule is Cc1cccc(CC(=O)Nc2nc(-c3ccc(C)s3)cs2)c1. The van der Waals surface area contributed by atoms with Gasteiger partial charge >= 0.3 is 0 Å². The molecule has 0 spiro atoms. The van der Waals surface area contributed by atoms with Crippen LogP contribution in [0.1, 0.15) is 16.0 Å². The number of carbonyl (C=O) groups excluding carboxylic acids is 1. The first-order valence-electron chi connectivity index (χ1n) is 6.98. The monoisotopic (exact) mass is 328 g/mol. The average molecular weight is 328 g/mol. The van der Waals surface area contributed by atoms with Gasteiger partial charge in [0.2, 0.25) is 5.91 Å². The Morgan fingerprint density at radius 2 is 2.09 bits per heavy atom. The molecule has 1 aromatic carbocycles. The molecule has 1 amide bonds. The zero-order chi connectivity index (χ0) is 15.5. The third-order valence-corrected chi connectivity index (χ3v) is 4.97. The maximum Gasteiger partial charge on any atom is 0.230 e. The van der Waals surface area contributed by atoms with Gasteiger partial charge in [-0.2, -0.15) is 0 Å². The molecule has 22 heavy (non-hydrogen) atoms. The highest BCUT2D eigenvalue weighted by atomic mass is 32.1. The topological polar surface area (TPSA) is 42.0 Å². The lowest BCUT2D eigenvalue weighted by Crippen LogP contribution is -2.14. The number of hydrogen-bond donors (Lipinski definition) is 1. The van der Waals surface area contributed by atoms with Gasteiger partial charge in [-0.15, -0.1) is 22.7 Å². The number of hydrogen-bond acceptors (Lipinski definition) is 4. The van der Waals surface area contributed by atoms with Crippen LogP contribution in [0.4, 0.5) is 5.13 Å². The molecule has 0 bridgehead atoms. The number of benzene rings is 1. The Hall–Kier alpha value is -1.98. The van der Waals surface area contributed by atoms with Crippen molar-refractivity contribution in [1.82, 2.24) is 4.98 Å². The number of thiazole rings is 1. The van der Waals surface area contributed by atoms with E-state index in [1.165, 1.54) is 16.2 Å². The van der Waals surface area contributed by atoms with Crippen molar-refractivity contribution < 1.29 is 4.79 Å². The van der Waals surface area contributed by atoms with E-state index in [1.807, 2.05) is 36.6 Å². The first kappa shape index (κ1) is 14.9. The summed E-state index contributed by atoms with van der Waals surface area (Å²) < 4.78 is 0. The van der Waals surface area contributed by atoms with Crippen LogP contribution in [0.5, 0.6) is 0 Å². The van der Waals surface area contributed by atoms with E-state index in [9.17, 15) is 4.79 Å². The van der Waals surface area contributed by atoms with Gasteiger partial charge in [-0.25, -0.2) is 4.98 Å². The van der Waals surface area contributed by atoms with Crippen LogP contribution in [0.25, 0.3) is 10.6 Å². The molecule has 0 aliphatic carbocycles. The van der Waals surface area contributed by atoms with E-state index < -0.39 is 0 Å². The molecule has 0 unspecified atom stereocenters. The molecule has 3 nitrogen and oxygen atoms in total. The van der Waals surface area contributed by atoms with Gasteiger partial charge < -0.3 is 5.32 Å². The van der Waals surface area contributed by atoms with Gasteiger partial charge in [0, 0.05) is 10.3 Å². The summed E-state index contributed by atoms with van der Waals surface area (Å²) in [4.78, 5) is 19.0. The van der Waals surface area contributed by atoms with Crippen molar-refractivity contribution in [3.63, 3.8) is 0 Å². The molecule has 112 valence electrons. The fraction of sp³-hybridized carbons (Fsp3) is 0.176. The minimum Gasteiger partial charge on any atom is -0.302 e. The van der Waals surface area contributed by atoms with Crippen LogP contribution in [0.2, 0.25) is 0 Å². The zero-order valence-electron chi connectivity index (χ0n) is 12.4. The second-order valence-electron chi connectivity index (χ2n) is 5.16. The maximum atomic E-state index is 12.1. The molecule has 2 aromatic heterocycles. The third kappa shape index (κ3) is 3.61. The number of aryl methyl sites for hydroxylation is 2. The van der Waals surface area contributed by atoms with E-state index in [1.54, 1.807) is 11.3 Å². The predicted molar refractivity (Wildman–Crippen MR) is 93.7 cm³/mol. The minimum atomic E-state index is -0.0335. The van der Waals surface area contributed by atoms with Gasteiger partial charge in [-0.3, -0.25) is 4.79 Å². The van der Waals surface area contributed by atoms with Gasteiger partial charge in [0.1, 0.15) is 0 Å². The molecular weight excluding hydrogens is 312 g/mol. The molecular formula is C17H16N2OS2. The van der Waals surface area contributed by atoms with Crippen LogP contribution in [-0.2, 0) is 11.2 Å². The molecule has 0 aliphatic heterocycles. The lowest BCUT2D eigenvalue weighted by atomic mass is 10.1. The number of nitrogens with zero attached hydrogens (tertiary/aromatic N) is 1. The van der Waals surface area contributed by atoms with E-state index >= 15 is 0 Å². The summed E-state index contributed by atoms with van der Waals surface area (Å²) in [5.41, 5.74) is 3.10. The Labute approximate surface area is 137 Å². The highest BCUT2D eigenvalue weighted by Gasteiger charge is 2.10. The largest absolute Gasteiger partial charge is 0.302 e. The Morgan fingerprint density at radius 1 is 1.23 bits per heavy atom. The average Bonchev–Trinajstić information content (AvgIpc) is 3.07. The second kappa shape index (κ2) is 6.42. The van der Waals surface area contributed by atoms with Gasteiger partial charge in [0.05, 0.1) is 17.0 Å². The number of amides is 1. The fourth-order valence-corrected chi connectivity index (χ4v) is 3.82. The van der Waals surface area contributed by atoms with Crippen LogP contribution < -0.4 is 5.32 Å². The summed E-state index contributed by atoms with van der Waals surface area (Å²) in [7, 11) is 0. The second-order valence-corrected chi connectivity index (χ2v) is 7.31. The van der Waals surface area contributed by atoms with Crippen LogP contribution in [0, 0.1) is 13.8 Å². The van der Waals surface area contributed by atoms with E-state index in [0.29, 0.717) is 11.6 Å². The van der Waals surface area contributed by atoms with Crippen molar-refractivity contribution >= 4 is 33.7 Å². The Balaban J connectivity index is 1.66. The van der Waals surface area contributed by atoms with Crippen molar-refractivity contribution in [2.45, 2.75) is 20.3 Å². The van der Waals surface area contributed by atoms with E-state index in [0.717, 1.165) is 21.7 Å². The fourth-order valence-electron chi connectivity index (χ4n) is 2.19. The molecule has 0 atom stereocenters. The summed E-state index contributed by atoms with van der Waals surface area (Å²) in [6.45, 7) is 4.10. The Kier molecular flexibility index (Phi) is 4.36. The van der Waals surface area contributed by atoms with E-state index in [4.69, 9.17) is 0 Å². The number of thiophene rings is 1. The number of anilines is 1. The van der Waals surface area contributed by atoms with Crippen molar-refractivity contribution in [3.8, 4) is 10.6 Å². The third-order valence-electron chi connectivity index (χ3n) is 3.19. The van der Waals surface area contributed by atoms with E-state index in [2.05, 4.69) is 29.4 Å². The summed E-state index contributed by atoms with van der Waals surface area (Å²) >= 11 is 3.17. The quantitative estimate of drug-likeness (QED) is 0.756. The summed E-state index contributed by atoms with van der Waals surface area (Å²) in [5.74, 6) is -0.0335. The van der Waals surface area contributed by atoms with Gasteiger partial charge in [-0.1, -0.05) is 29.8 Å². The van der Waals surface area contributed by atoms with Crippen molar-refractivity contribution in [2.75, 3.05) is 5.32 Å². The minimum absolute atomic E-state index is 0.0335. The van der Waals surface area contributed by atoms with Crippen LogP contribution in [0.15, 0.2) is 41.8 Å². The molecule has 0 radical (unpaired) electrons. The number of rotatable bonds is 4. The van der Waals surface area contributed by atoms with Gasteiger partial charge in [0.25, 0.3) is 0 Å². The van der Waals surface area contributed by atoms with Gasteiger partial charge in [-0.05, 0) is 31.5 Å². The molecule has 0 aliphatic rings. The maximum absolute atomic E-state index is 12.1. The first-order valence-corrected chi connectivity index (χ1v) is 8.67. The van der Waals surface area contributed by atoms with Crippen molar-refractivity contribution in [1.29, 1.82) is 0 Å². The Morgan fingerprint density at radius 3 is 2.82 bits per heavy atom. The molecule has 0 saturated carbocycles. The molecule has 0 fully saturated rings. The summed E-state index contributed by atoms with van der Waals surface area (Å²) in [5, 5.41) is 5.51. The predicted octanol–water partition coefficient (Wildman–Crippen LogP) is 4.67. The molecule has 0 saturated heterocycles. The summed E-state index contributed by atoms with van der Waals surface area (Å²) in [6.07, 6.45) is 0.370. The smallest absolute Gasteiger partial charge is 0.230 e. The first-order chi connectivity index (χ1) is 10.6. The lowest BCUT2D eigenvalue weighted by molar-refractivity contribution is -0.115. The van der Waals surface area contributed by atoms with Crippen LogP contribution in [-0.4, -0.2) is 10.9 Å². The molecule has 5 heteroatoms. The van der Waals surface area contributed by atoms with Gasteiger partial charge in [0.15, 0.2) is 5.13 Å². The molecule has 3 rings (SSSR count). The van der Waals surface area contributed by atoms with E-state index in [-0.39, 0.29) is 5.91 Å². The van der Waals surface area contributed by atoms with Crippen LogP contribution in [0.3, 0.4) is 0 Å². The zero-order valence-corrected chi connectivity index (χ0v) is 14.1. The Bertz CT molecular complexity index is 804. The molecule has 1 N–H and O–H groups in total. The highest BCUT2D eigenvalue weighted by molar-refractivity contribution is 7.17. The van der Waals surface area contributed by atoms with Crippen molar-refractivity contribution in [2.24, 2.45) is 0 Å². The molecule has 3 aromatic rings. The number of carbonyl (C=O) groups is 1. The molecule has 2 heterocycles. The summed E-state index contributed by atoms with van der Waals surface area (Å²) in [6, 6.07) is 12.1. The number of nitrogens with one attached hydrogen (secondary N) is 1. The standard InChI is InChI=1S/C17H16N2OS2/c1-11-4-3-5-13(8-11)9-16(20)19-17-18-14(10-21-17)15-7-6-12(2)22-15/h3-8,10H,9H2,1-2H3,(H,18,19,20). The highest BCUT2D eigenvalue weighted by Crippen LogP contribution is 2.30.